The fourth-order valence-electron chi connectivity index (χ4n) is 3.48. The van der Waals surface area contributed by atoms with Gasteiger partial charge in [0, 0.05) is 18.5 Å². The van der Waals surface area contributed by atoms with Crippen LogP contribution in [-0.2, 0) is 6.54 Å². The van der Waals surface area contributed by atoms with Gasteiger partial charge in [-0.1, -0.05) is 25.1 Å². The maximum absolute atomic E-state index is 5.82. The highest BCUT2D eigenvalue weighted by Gasteiger charge is 2.29. The zero-order chi connectivity index (χ0) is 18.7. The van der Waals surface area contributed by atoms with Gasteiger partial charge in [0.25, 0.3) is 0 Å². The van der Waals surface area contributed by atoms with Crippen LogP contribution in [-0.4, -0.2) is 29.8 Å². The molecule has 0 bridgehead atoms. The molecule has 0 spiro atoms. The number of rotatable bonds is 7. The predicted octanol–water partition coefficient (Wildman–Crippen LogP) is 4.93. The Balaban J connectivity index is 1.74. The molecule has 0 N–H and O–H groups in total. The summed E-state index contributed by atoms with van der Waals surface area (Å²) < 4.78 is 16.9. The molecule has 0 unspecified atom stereocenters. The van der Waals surface area contributed by atoms with Gasteiger partial charge in [0.05, 0.1) is 19.3 Å². The van der Waals surface area contributed by atoms with Crippen molar-refractivity contribution in [2.24, 2.45) is 0 Å². The summed E-state index contributed by atoms with van der Waals surface area (Å²) in [5.74, 6) is 2.91. The summed E-state index contributed by atoms with van der Waals surface area (Å²) in [6.45, 7) is 10.2. The Labute approximate surface area is 156 Å². The molecule has 0 radical (unpaired) electrons. The summed E-state index contributed by atoms with van der Waals surface area (Å²) >= 11 is 0. The zero-order valence-electron chi connectivity index (χ0n) is 16.5. The molecular formula is C21H30N2O3. The molecule has 1 fully saturated rings. The van der Waals surface area contributed by atoms with Crippen LogP contribution in [0.3, 0.4) is 0 Å². The Hall–Kier alpha value is -2.01. The van der Waals surface area contributed by atoms with Gasteiger partial charge in [-0.15, -0.1) is 0 Å². The summed E-state index contributed by atoms with van der Waals surface area (Å²) in [4.78, 5) is 2.47. The van der Waals surface area contributed by atoms with Gasteiger partial charge < -0.3 is 14.0 Å². The lowest BCUT2D eigenvalue weighted by atomic mass is 10.1. The topological polar surface area (TPSA) is 47.7 Å². The number of likely N-dealkylation sites (tertiary alicyclic amines) is 1. The van der Waals surface area contributed by atoms with Gasteiger partial charge in [-0.25, -0.2) is 0 Å². The SMILES string of the molecule is COc1cc(CN2CCC[C@H]2c2cc(C(C)C)on2)ccc1OC(C)C. The van der Waals surface area contributed by atoms with Gasteiger partial charge in [0.2, 0.25) is 0 Å². The Morgan fingerprint density at radius 3 is 2.65 bits per heavy atom. The van der Waals surface area contributed by atoms with E-state index in [9.17, 15) is 0 Å². The molecule has 1 aliphatic rings. The van der Waals surface area contributed by atoms with Crippen LogP contribution in [0.4, 0.5) is 0 Å². The van der Waals surface area contributed by atoms with Crippen molar-refractivity contribution < 1.29 is 14.0 Å². The largest absolute Gasteiger partial charge is 0.493 e. The van der Waals surface area contributed by atoms with Crippen LogP contribution in [0.2, 0.25) is 0 Å². The molecule has 5 heteroatoms. The van der Waals surface area contributed by atoms with Crippen molar-refractivity contribution in [1.82, 2.24) is 10.1 Å². The summed E-state index contributed by atoms with van der Waals surface area (Å²) in [6, 6.07) is 8.65. The Kier molecular flexibility index (Phi) is 5.87. The van der Waals surface area contributed by atoms with Crippen LogP contribution in [0.25, 0.3) is 0 Å². The molecule has 5 nitrogen and oxygen atoms in total. The second-order valence-corrected chi connectivity index (χ2v) is 7.59. The minimum atomic E-state index is 0.125. The van der Waals surface area contributed by atoms with Gasteiger partial charge in [0.1, 0.15) is 11.5 Å². The molecule has 3 rings (SSSR count). The summed E-state index contributed by atoms with van der Waals surface area (Å²) in [5.41, 5.74) is 2.27. The number of hydrogen-bond acceptors (Lipinski definition) is 5. The van der Waals surface area contributed by atoms with E-state index >= 15 is 0 Å². The first-order chi connectivity index (χ1) is 12.5. The molecule has 1 aromatic heterocycles. The first-order valence-corrected chi connectivity index (χ1v) is 9.52. The lowest BCUT2D eigenvalue weighted by Gasteiger charge is -2.23. The minimum absolute atomic E-state index is 0.125. The first kappa shape index (κ1) is 18.8. The molecule has 26 heavy (non-hydrogen) atoms. The van der Waals surface area contributed by atoms with Gasteiger partial charge in [-0.3, -0.25) is 4.90 Å². The van der Waals surface area contributed by atoms with Crippen molar-refractivity contribution in [3.63, 3.8) is 0 Å². The average Bonchev–Trinajstić information content (AvgIpc) is 3.24. The molecule has 1 aromatic carbocycles. The van der Waals surface area contributed by atoms with Crippen molar-refractivity contribution in [1.29, 1.82) is 0 Å². The number of nitrogens with zero attached hydrogens (tertiary/aromatic N) is 2. The van der Waals surface area contributed by atoms with Crippen LogP contribution in [0, 0.1) is 0 Å². The average molecular weight is 358 g/mol. The molecule has 2 aromatic rings. The molecule has 0 saturated carbocycles. The van der Waals surface area contributed by atoms with E-state index in [1.54, 1.807) is 7.11 Å². The minimum Gasteiger partial charge on any atom is -0.493 e. The van der Waals surface area contributed by atoms with Crippen LogP contribution < -0.4 is 9.47 Å². The van der Waals surface area contributed by atoms with Gasteiger partial charge >= 0.3 is 0 Å². The molecule has 2 heterocycles. The molecule has 1 atom stereocenters. The number of methoxy groups -OCH3 is 1. The van der Waals surface area contributed by atoms with E-state index in [4.69, 9.17) is 14.0 Å². The highest BCUT2D eigenvalue weighted by atomic mass is 16.5. The standard InChI is InChI=1S/C21H30N2O3/c1-14(2)20-12-17(22-26-20)18-7-6-10-23(18)13-16-8-9-19(25-15(3)4)21(11-16)24-5/h8-9,11-12,14-15,18H,6-7,10,13H2,1-5H3/t18-/m0/s1. The Morgan fingerprint density at radius 1 is 1.19 bits per heavy atom. The number of ether oxygens (including phenoxy) is 2. The number of aromatic nitrogens is 1. The highest BCUT2D eigenvalue weighted by Crippen LogP contribution is 2.35. The van der Waals surface area contributed by atoms with Crippen LogP contribution in [0.15, 0.2) is 28.8 Å². The molecule has 0 aliphatic carbocycles. The number of hydrogen-bond donors (Lipinski definition) is 0. The van der Waals surface area contributed by atoms with E-state index in [1.165, 1.54) is 12.0 Å². The van der Waals surface area contributed by atoms with Crippen molar-refractivity contribution in [3.8, 4) is 11.5 Å². The third-order valence-electron chi connectivity index (χ3n) is 4.80. The quantitative estimate of drug-likeness (QED) is 0.702. The summed E-state index contributed by atoms with van der Waals surface area (Å²) in [5, 5.41) is 4.33. The van der Waals surface area contributed by atoms with E-state index in [2.05, 4.69) is 42.1 Å². The number of benzene rings is 1. The van der Waals surface area contributed by atoms with E-state index in [0.717, 1.165) is 42.5 Å². The van der Waals surface area contributed by atoms with E-state index in [0.29, 0.717) is 12.0 Å². The van der Waals surface area contributed by atoms with Crippen molar-refractivity contribution in [2.75, 3.05) is 13.7 Å². The third-order valence-corrected chi connectivity index (χ3v) is 4.80. The lowest BCUT2D eigenvalue weighted by molar-refractivity contribution is 0.227. The summed E-state index contributed by atoms with van der Waals surface area (Å²) in [6.07, 6.45) is 2.43. The molecule has 1 aliphatic heterocycles. The van der Waals surface area contributed by atoms with Gasteiger partial charge in [0.15, 0.2) is 11.5 Å². The van der Waals surface area contributed by atoms with Crippen molar-refractivity contribution >= 4 is 0 Å². The zero-order valence-corrected chi connectivity index (χ0v) is 16.5. The van der Waals surface area contributed by atoms with Gasteiger partial charge in [-0.2, -0.15) is 0 Å². The fraction of sp³-hybridized carbons (Fsp3) is 0.571. The lowest BCUT2D eigenvalue weighted by Crippen LogP contribution is -2.23. The van der Waals surface area contributed by atoms with E-state index in [1.807, 2.05) is 19.9 Å². The monoisotopic (exact) mass is 358 g/mol. The third kappa shape index (κ3) is 4.21. The van der Waals surface area contributed by atoms with Crippen LogP contribution >= 0.6 is 0 Å². The Morgan fingerprint density at radius 2 is 2.00 bits per heavy atom. The normalized spacial score (nSPS) is 18.0. The molecule has 142 valence electrons. The highest BCUT2D eigenvalue weighted by molar-refractivity contribution is 5.43. The molecule has 0 amide bonds. The van der Waals surface area contributed by atoms with E-state index in [-0.39, 0.29) is 6.10 Å². The second kappa shape index (κ2) is 8.12. The van der Waals surface area contributed by atoms with Gasteiger partial charge in [-0.05, 0) is 50.9 Å². The van der Waals surface area contributed by atoms with Crippen LogP contribution in [0.5, 0.6) is 11.5 Å². The maximum atomic E-state index is 5.82. The van der Waals surface area contributed by atoms with E-state index < -0.39 is 0 Å². The fourth-order valence-corrected chi connectivity index (χ4v) is 3.48. The second-order valence-electron chi connectivity index (χ2n) is 7.59. The molecule has 1 saturated heterocycles. The molecular weight excluding hydrogens is 328 g/mol. The van der Waals surface area contributed by atoms with Crippen molar-refractivity contribution in [3.05, 3.63) is 41.3 Å². The first-order valence-electron chi connectivity index (χ1n) is 9.52. The Bertz CT molecular complexity index is 724. The maximum Gasteiger partial charge on any atom is 0.161 e. The van der Waals surface area contributed by atoms with Crippen LogP contribution in [0.1, 0.15) is 69.5 Å². The summed E-state index contributed by atoms with van der Waals surface area (Å²) in [7, 11) is 1.69. The smallest absolute Gasteiger partial charge is 0.161 e. The predicted molar refractivity (Wildman–Crippen MR) is 102 cm³/mol. The van der Waals surface area contributed by atoms with Crippen molar-refractivity contribution in [2.45, 2.75) is 65.1 Å².